The van der Waals surface area contributed by atoms with Crippen LogP contribution in [0.4, 0.5) is 0 Å². The van der Waals surface area contributed by atoms with Gasteiger partial charge in [0, 0.05) is 6.07 Å². The molecule has 0 aliphatic rings. The van der Waals surface area contributed by atoms with Crippen molar-refractivity contribution in [3.05, 3.63) is 57.6 Å². The van der Waals surface area contributed by atoms with Crippen LogP contribution in [0.15, 0.2) is 41.6 Å². The third-order valence-electron chi connectivity index (χ3n) is 2.64. The Morgan fingerprint density at radius 2 is 1.90 bits per heavy atom. The molecular weight excluding hydrogens is 299 g/mol. The molecule has 2 aromatic carbocycles. The minimum absolute atomic E-state index is 0.0277. The minimum atomic E-state index is -0.0277. The zero-order chi connectivity index (χ0) is 14.7. The standard InChI is InChI=1S/C14H12Cl2N2O2/c1-8-2-4-10(14(17)18-19)13(6-8)20-9-3-5-11(15)12(16)7-9/h2-7,19H,1H3,(H2,17,18). The SMILES string of the molecule is Cc1ccc(C(N)=NO)c(Oc2ccc(Cl)c(Cl)c2)c1. The van der Waals surface area contributed by atoms with Crippen LogP contribution in [0.5, 0.6) is 11.5 Å². The molecule has 0 fully saturated rings. The van der Waals surface area contributed by atoms with E-state index in [0.717, 1.165) is 5.56 Å². The summed E-state index contributed by atoms with van der Waals surface area (Å²) in [6, 6.07) is 10.3. The van der Waals surface area contributed by atoms with Gasteiger partial charge in [-0.3, -0.25) is 0 Å². The fraction of sp³-hybridized carbons (Fsp3) is 0.0714. The molecule has 0 saturated carbocycles. The van der Waals surface area contributed by atoms with Gasteiger partial charge in [-0.2, -0.15) is 0 Å². The monoisotopic (exact) mass is 310 g/mol. The molecule has 2 aromatic rings. The minimum Gasteiger partial charge on any atom is -0.457 e. The van der Waals surface area contributed by atoms with E-state index in [0.29, 0.717) is 27.1 Å². The number of hydrogen-bond donors (Lipinski definition) is 2. The van der Waals surface area contributed by atoms with Crippen molar-refractivity contribution < 1.29 is 9.94 Å². The number of hydrogen-bond acceptors (Lipinski definition) is 3. The van der Waals surface area contributed by atoms with Crippen molar-refractivity contribution in [2.75, 3.05) is 0 Å². The Morgan fingerprint density at radius 1 is 1.15 bits per heavy atom. The van der Waals surface area contributed by atoms with Crippen LogP contribution in [0.1, 0.15) is 11.1 Å². The summed E-state index contributed by atoms with van der Waals surface area (Å²) in [7, 11) is 0. The van der Waals surface area contributed by atoms with E-state index in [-0.39, 0.29) is 5.84 Å². The first-order valence-corrected chi connectivity index (χ1v) is 6.48. The predicted octanol–water partition coefficient (Wildman–Crippen LogP) is 4.19. The average Bonchev–Trinajstić information content (AvgIpc) is 2.42. The normalized spacial score (nSPS) is 11.4. The molecule has 0 bridgehead atoms. The first-order chi connectivity index (χ1) is 9.51. The predicted molar refractivity (Wildman–Crippen MR) is 80.2 cm³/mol. The Labute approximate surface area is 126 Å². The first-order valence-electron chi connectivity index (χ1n) is 5.72. The number of rotatable bonds is 3. The molecule has 20 heavy (non-hydrogen) atoms. The molecule has 0 saturated heterocycles. The largest absolute Gasteiger partial charge is 0.457 e. The summed E-state index contributed by atoms with van der Waals surface area (Å²) in [5.74, 6) is 0.954. The summed E-state index contributed by atoms with van der Waals surface area (Å²) in [5.41, 5.74) is 7.10. The molecule has 0 heterocycles. The lowest BCUT2D eigenvalue weighted by molar-refractivity contribution is 0.318. The van der Waals surface area contributed by atoms with Gasteiger partial charge in [0.15, 0.2) is 5.84 Å². The number of amidine groups is 1. The molecule has 6 heteroatoms. The van der Waals surface area contributed by atoms with Crippen LogP contribution >= 0.6 is 23.2 Å². The molecule has 0 aliphatic carbocycles. The van der Waals surface area contributed by atoms with Crippen LogP contribution in [0, 0.1) is 6.92 Å². The van der Waals surface area contributed by atoms with Crippen molar-refractivity contribution in [2.45, 2.75) is 6.92 Å². The van der Waals surface area contributed by atoms with Gasteiger partial charge in [0.05, 0.1) is 15.6 Å². The maximum atomic E-state index is 8.80. The van der Waals surface area contributed by atoms with Crippen molar-refractivity contribution in [1.29, 1.82) is 0 Å². The van der Waals surface area contributed by atoms with Gasteiger partial charge in [0.1, 0.15) is 11.5 Å². The van der Waals surface area contributed by atoms with Crippen LogP contribution in [-0.4, -0.2) is 11.0 Å². The van der Waals surface area contributed by atoms with Crippen molar-refractivity contribution in [2.24, 2.45) is 10.9 Å². The number of oxime groups is 1. The zero-order valence-electron chi connectivity index (χ0n) is 10.6. The van der Waals surface area contributed by atoms with Gasteiger partial charge in [-0.05, 0) is 36.8 Å². The molecule has 0 aliphatic heterocycles. The van der Waals surface area contributed by atoms with Gasteiger partial charge in [0.2, 0.25) is 0 Å². The van der Waals surface area contributed by atoms with Gasteiger partial charge >= 0.3 is 0 Å². The molecule has 0 amide bonds. The van der Waals surface area contributed by atoms with E-state index in [2.05, 4.69) is 5.16 Å². The smallest absolute Gasteiger partial charge is 0.173 e. The number of nitrogens with zero attached hydrogens (tertiary/aromatic N) is 1. The molecule has 0 unspecified atom stereocenters. The van der Waals surface area contributed by atoms with E-state index < -0.39 is 0 Å². The van der Waals surface area contributed by atoms with Crippen LogP contribution in [0.3, 0.4) is 0 Å². The van der Waals surface area contributed by atoms with Crippen LogP contribution < -0.4 is 10.5 Å². The first kappa shape index (κ1) is 14.5. The lowest BCUT2D eigenvalue weighted by Crippen LogP contribution is -2.14. The number of ether oxygens (including phenoxy) is 1. The van der Waals surface area contributed by atoms with Gasteiger partial charge in [-0.15, -0.1) is 0 Å². The third kappa shape index (κ3) is 3.15. The highest BCUT2D eigenvalue weighted by atomic mass is 35.5. The molecular formula is C14H12Cl2N2O2. The lowest BCUT2D eigenvalue weighted by Gasteiger charge is -2.11. The van der Waals surface area contributed by atoms with Crippen molar-refractivity contribution in [3.8, 4) is 11.5 Å². The molecule has 0 atom stereocenters. The van der Waals surface area contributed by atoms with Gasteiger partial charge in [0.25, 0.3) is 0 Å². The highest BCUT2D eigenvalue weighted by molar-refractivity contribution is 6.42. The van der Waals surface area contributed by atoms with E-state index in [1.165, 1.54) is 0 Å². The second-order valence-electron chi connectivity index (χ2n) is 4.16. The Balaban J connectivity index is 2.41. The maximum absolute atomic E-state index is 8.80. The second-order valence-corrected chi connectivity index (χ2v) is 4.98. The number of benzene rings is 2. The van der Waals surface area contributed by atoms with Crippen molar-refractivity contribution in [3.63, 3.8) is 0 Å². The Kier molecular flexibility index (Phi) is 4.37. The molecule has 0 radical (unpaired) electrons. The van der Waals surface area contributed by atoms with Gasteiger partial charge < -0.3 is 15.7 Å². The van der Waals surface area contributed by atoms with E-state index in [9.17, 15) is 0 Å². The quantitative estimate of drug-likeness (QED) is 0.386. The van der Waals surface area contributed by atoms with E-state index in [1.807, 2.05) is 13.0 Å². The van der Waals surface area contributed by atoms with Crippen LogP contribution in [0.25, 0.3) is 0 Å². The summed E-state index contributed by atoms with van der Waals surface area (Å²) in [6.45, 7) is 1.91. The fourth-order valence-electron chi connectivity index (χ4n) is 1.65. The van der Waals surface area contributed by atoms with Crippen molar-refractivity contribution >= 4 is 29.0 Å². The highest BCUT2D eigenvalue weighted by Gasteiger charge is 2.10. The Morgan fingerprint density at radius 3 is 2.55 bits per heavy atom. The molecule has 2 rings (SSSR count). The Bertz CT molecular complexity index is 672. The molecule has 0 aromatic heterocycles. The van der Waals surface area contributed by atoms with Crippen LogP contribution in [-0.2, 0) is 0 Å². The van der Waals surface area contributed by atoms with E-state index in [1.54, 1.807) is 30.3 Å². The van der Waals surface area contributed by atoms with Gasteiger partial charge in [-0.25, -0.2) is 0 Å². The molecule has 104 valence electrons. The third-order valence-corrected chi connectivity index (χ3v) is 3.38. The zero-order valence-corrected chi connectivity index (χ0v) is 12.1. The summed E-state index contributed by atoms with van der Waals surface area (Å²) < 4.78 is 5.73. The maximum Gasteiger partial charge on any atom is 0.173 e. The summed E-state index contributed by atoms with van der Waals surface area (Å²) in [6.07, 6.45) is 0. The van der Waals surface area contributed by atoms with E-state index >= 15 is 0 Å². The second kappa shape index (κ2) is 6.03. The molecule has 3 N–H and O–H groups in total. The topological polar surface area (TPSA) is 67.8 Å². The summed E-state index contributed by atoms with van der Waals surface area (Å²) in [4.78, 5) is 0. The van der Waals surface area contributed by atoms with E-state index in [4.69, 9.17) is 38.9 Å². The van der Waals surface area contributed by atoms with Crippen LogP contribution in [0.2, 0.25) is 10.0 Å². The number of nitrogens with two attached hydrogens (primary N) is 1. The average molecular weight is 311 g/mol. The summed E-state index contributed by atoms with van der Waals surface area (Å²) >= 11 is 11.8. The van der Waals surface area contributed by atoms with Gasteiger partial charge in [-0.1, -0.05) is 34.4 Å². The number of halogens is 2. The molecule has 0 spiro atoms. The van der Waals surface area contributed by atoms with Crippen molar-refractivity contribution in [1.82, 2.24) is 0 Å². The number of aryl methyl sites for hydroxylation is 1. The molecule has 4 nitrogen and oxygen atoms in total. The highest BCUT2D eigenvalue weighted by Crippen LogP contribution is 2.31. The summed E-state index contributed by atoms with van der Waals surface area (Å²) in [5, 5.41) is 12.6. The Hall–Kier alpha value is -1.91. The fourth-order valence-corrected chi connectivity index (χ4v) is 1.93. The lowest BCUT2D eigenvalue weighted by atomic mass is 10.1.